The lowest BCUT2D eigenvalue weighted by molar-refractivity contribution is -0.140. The first-order chi connectivity index (χ1) is 20.5. The summed E-state index contributed by atoms with van der Waals surface area (Å²) in [5, 5.41) is 18.7. The fourth-order valence-corrected chi connectivity index (χ4v) is 5.00. The van der Waals surface area contributed by atoms with Gasteiger partial charge in [0.2, 0.25) is 5.91 Å². The molecular formula is C35H39N3O5. The van der Waals surface area contributed by atoms with E-state index in [1.165, 1.54) is 4.90 Å². The normalized spacial score (nSPS) is 12.7. The molecule has 4 aromatic carbocycles. The number of hydrogen-bond donors (Lipinski definition) is 3. The molecule has 0 heterocycles. The average molecular weight is 582 g/mol. The quantitative estimate of drug-likeness (QED) is 0.209. The van der Waals surface area contributed by atoms with Gasteiger partial charge in [0.15, 0.2) is 0 Å². The molecule has 0 radical (unpaired) electrons. The van der Waals surface area contributed by atoms with Crippen LogP contribution in [0.4, 0.5) is 10.5 Å². The largest absolute Gasteiger partial charge is 0.507 e. The number of fused-ring (bicyclic) bond motifs is 1. The number of carbonyl (C=O) groups is 3. The summed E-state index contributed by atoms with van der Waals surface area (Å²) in [7, 11) is 0. The van der Waals surface area contributed by atoms with Crippen LogP contribution in [0.15, 0.2) is 91.0 Å². The highest BCUT2D eigenvalue weighted by Gasteiger charge is 2.37. The zero-order valence-electron chi connectivity index (χ0n) is 25.3. The van der Waals surface area contributed by atoms with E-state index in [0.29, 0.717) is 11.3 Å². The van der Waals surface area contributed by atoms with E-state index in [1.54, 1.807) is 58.9 Å². The minimum atomic E-state index is -1.19. The van der Waals surface area contributed by atoms with Gasteiger partial charge in [-0.25, -0.2) is 4.79 Å². The molecule has 3 amide bonds. The summed E-state index contributed by atoms with van der Waals surface area (Å²) in [5.41, 5.74) is 1.45. The highest BCUT2D eigenvalue weighted by molar-refractivity contribution is 6.00. The van der Waals surface area contributed by atoms with Crippen LogP contribution in [0.25, 0.3) is 10.8 Å². The third-order valence-corrected chi connectivity index (χ3v) is 7.04. The molecule has 0 saturated carbocycles. The second-order valence-electron chi connectivity index (χ2n) is 11.5. The number of nitrogens with one attached hydrogen (secondary N) is 2. The van der Waals surface area contributed by atoms with Gasteiger partial charge in [-0.05, 0) is 68.7 Å². The van der Waals surface area contributed by atoms with Crippen molar-refractivity contribution in [1.82, 2.24) is 10.2 Å². The molecule has 43 heavy (non-hydrogen) atoms. The number of benzene rings is 4. The Morgan fingerprint density at radius 1 is 0.884 bits per heavy atom. The van der Waals surface area contributed by atoms with Crippen LogP contribution in [0, 0.1) is 6.92 Å². The van der Waals surface area contributed by atoms with Crippen molar-refractivity contribution in [2.24, 2.45) is 0 Å². The lowest BCUT2D eigenvalue weighted by Crippen LogP contribution is -2.53. The molecule has 2 atom stereocenters. The number of aromatic hydroxyl groups is 1. The zero-order valence-corrected chi connectivity index (χ0v) is 25.3. The first-order valence-corrected chi connectivity index (χ1v) is 14.4. The molecule has 0 fully saturated rings. The van der Waals surface area contributed by atoms with Gasteiger partial charge in [-0.1, -0.05) is 78.9 Å². The number of ether oxygens (including phenoxy) is 1. The molecule has 3 N–H and O–H groups in total. The molecular weight excluding hydrogens is 542 g/mol. The number of phenolic OH excluding ortho intramolecular Hbond substituents is 1. The first-order valence-electron chi connectivity index (χ1n) is 14.4. The van der Waals surface area contributed by atoms with Crippen molar-refractivity contribution in [3.63, 3.8) is 0 Å². The summed E-state index contributed by atoms with van der Waals surface area (Å²) in [6.07, 6.45) is -0.567. The third kappa shape index (κ3) is 7.92. The van der Waals surface area contributed by atoms with Crippen LogP contribution in [0.1, 0.15) is 50.4 Å². The van der Waals surface area contributed by atoms with Crippen molar-refractivity contribution in [3.8, 4) is 5.75 Å². The van der Waals surface area contributed by atoms with Crippen molar-refractivity contribution >= 4 is 34.4 Å². The Morgan fingerprint density at radius 2 is 1.56 bits per heavy atom. The standard InChI is InChI=1S/C35H39N3O5/c1-6-38(33(41)29(21-24-14-8-7-9-15-24)37-34(42)43-35(3,4)5)30(28-18-12-13-23(2)31(28)39)32(40)36-27-20-19-25-16-10-11-17-26(25)22-27/h7-20,22,29-30,39H,6,21H2,1-5H3,(H,36,40)(H,37,42). The molecule has 8 heteroatoms. The summed E-state index contributed by atoms with van der Waals surface area (Å²) in [6.45, 7) is 8.85. The summed E-state index contributed by atoms with van der Waals surface area (Å²) in [4.78, 5) is 42.7. The highest BCUT2D eigenvalue weighted by atomic mass is 16.6. The Balaban J connectivity index is 1.73. The number of likely N-dealkylation sites (N-methyl/N-ethyl adjacent to an activating group) is 1. The van der Waals surface area contributed by atoms with Gasteiger partial charge in [-0.2, -0.15) is 0 Å². The third-order valence-electron chi connectivity index (χ3n) is 7.04. The number of anilines is 1. The Morgan fingerprint density at radius 3 is 2.23 bits per heavy atom. The number of alkyl carbamates (subject to hydrolysis) is 1. The van der Waals surface area contributed by atoms with E-state index < -0.39 is 35.6 Å². The fraction of sp³-hybridized carbons (Fsp3) is 0.286. The van der Waals surface area contributed by atoms with Crippen LogP contribution in [0.2, 0.25) is 0 Å². The van der Waals surface area contributed by atoms with Gasteiger partial charge in [-0.3, -0.25) is 9.59 Å². The molecule has 4 aromatic rings. The van der Waals surface area contributed by atoms with Crippen LogP contribution in [-0.2, 0) is 20.7 Å². The van der Waals surface area contributed by atoms with Gasteiger partial charge < -0.3 is 25.4 Å². The molecule has 0 spiro atoms. The monoisotopic (exact) mass is 581 g/mol. The summed E-state index contributed by atoms with van der Waals surface area (Å²) < 4.78 is 5.47. The van der Waals surface area contributed by atoms with Crippen molar-refractivity contribution in [3.05, 3.63) is 108 Å². The molecule has 4 rings (SSSR count). The molecule has 8 nitrogen and oxygen atoms in total. The second kappa shape index (κ2) is 13.4. The molecule has 0 aliphatic carbocycles. The van der Waals surface area contributed by atoms with Crippen molar-refractivity contribution in [2.45, 2.75) is 58.7 Å². The topological polar surface area (TPSA) is 108 Å². The zero-order chi connectivity index (χ0) is 31.1. The number of carbonyl (C=O) groups excluding carboxylic acids is 3. The number of phenols is 1. The SMILES string of the molecule is CCN(C(=O)C(Cc1ccccc1)NC(=O)OC(C)(C)C)C(C(=O)Nc1ccc2ccccc2c1)c1cccc(C)c1O. The van der Waals surface area contributed by atoms with Crippen LogP contribution >= 0.6 is 0 Å². The number of aryl methyl sites for hydroxylation is 1. The van der Waals surface area contributed by atoms with E-state index in [2.05, 4.69) is 10.6 Å². The summed E-state index contributed by atoms with van der Waals surface area (Å²) >= 11 is 0. The number of rotatable bonds is 9. The van der Waals surface area contributed by atoms with E-state index in [0.717, 1.165) is 16.3 Å². The molecule has 0 bridgehead atoms. The average Bonchev–Trinajstić information content (AvgIpc) is 2.96. The summed E-state index contributed by atoms with van der Waals surface area (Å²) in [6, 6.07) is 25.5. The van der Waals surface area contributed by atoms with Crippen molar-refractivity contribution in [2.75, 3.05) is 11.9 Å². The van der Waals surface area contributed by atoms with Gasteiger partial charge >= 0.3 is 6.09 Å². The molecule has 0 saturated heterocycles. The number of hydrogen-bond acceptors (Lipinski definition) is 5. The van der Waals surface area contributed by atoms with E-state index in [9.17, 15) is 19.5 Å². The Labute approximate surface area is 252 Å². The smallest absolute Gasteiger partial charge is 0.408 e. The molecule has 0 aliphatic rings. The van der Waals surface area contributed by atoms with Gasteiger partial charge in [0.05, 0.1) is 0 Å². The number of amides is 3. The van der Waals surface area contributed by atoms with E-state index in [1.807, 2.05) is 66.7 Å². The maximum atomic E-state index is 14.3. The maximum Gasteiger partial charge on any atom is 0.408 e. The van der Waals surface area contributed by atoms with Gasteiger partial charge in [0.1, 0.15) is 23.4 Å². The highest BCUT2D eigenvalue weighted by Crippen LogP contribution is 2.33. The minimum Gasteiger partial charge on any atom is -0.507 e. The summed E-state index contributed by atoms with van der Waals surface area (Å²) in [5.74, 6) is -1.06. The van der Waals surface area contributed by atoms with Crippen LogP contribution < -0.4 is 10.6 Å². The molecule has 0 aliphatic heterocycles. The van der Waals surface area contributed by atoms with E-state index >= 15 is 0 Å². The Bertz CT molecular complexity index is 1600. The predicted octanol–water partition coefficient (Wildman–Crippen LogP) is 6.52. The first kappa shape index (κ1) is 31.1. The predicted molar refractivity (Wildman–Crippen MR) is 169 cm³/mol. The lowest BCUT2D eigenvalue weighted by atomic mass is 9.98. The van der Waals surface area contributed by atoms with Gasteiger partial charge in [0, 0.05) is 24.2 Å². The molecule has 2 unspecified atom stereocenters. The number of para-hydroxylation sites is 1. The van der Waals surface area contributed by atoms with Gasteiger partial charge in [0.25, 0.3) is 5.91 Å². The van der Waals surface area contributed by atoms with Crippen LogP contribution in [0.3, 0.4) is 0 Å². The minimum absolute atomic E-state index is 0.0767. The van der Waals surface area contributed by atoms with Crippen LogP contribution in [0.5, 0.6) is 5.75 Å². The molecule has 0 aromatic heterocycles. The van der Waals surface area contributed by atoms with E-state index in [4.69, 9.17) is 4.74 Å². The van der Waals surface area contributed by atoms with Gasteiger partial charge in [-0.15, -0.1) is 0 Å². The lowest BCUT2D eigenvalue weighted by Gasteiger charge is -2.34. The van der Waals surface area contributed by atoms with Crippen LogP contribution in [-0.4, -0.2) is 46.1 Å². The fourth-order valence-electron chi connectivity index (χ4n) is 5.00. The second-order valence-corrected chi connectivity index (χ2v) is 11.5. The number of nitrogens with zero attached hydrogens (tertiary/aromatic N) is 1. The maximum absolute atomic E-state index is 14.3. The van der Waals surface area contributed by atoms with Crippen molar-refractivity contribution in [1.29, 1.82) is 0 Å². The Kier molecular flexibility index (Phi) is 9.70. The van der Waals surface area contributed by atoms with Crippen molar-refractivity contribution < 1.29 is 24.2 Å². The van der Waals surface area contributed by atoms with E-state index in [-0.39, 0.29) is 24.3 Å². The molecule has 224 valence electrons. The Hall–Kier alpha value is -4.85.